The Kier molecular flexibility index (Phi) is 4.59. The van der Waals surface area contributed by atoms with E-state index in [1.807, 2.05) is 12.1 Å². The second-order valence-corrected chi connectivity index (χ2v) is 4.47. The molecule has 1 rings (SSSR count). The average molecular weight is 242 g/mol. The highest BCUT2D eigenvalue weighted by molar-refractivity contribution is 7.99. The van der Waals surface area contributed by atoms with Crippen LogP contribution in [0.1, 0.15) is 0 Å². The molecular formula is C8H7Cl3S. The van der Waals surface area contributed by atoms with Gasteiger partial charge in [0.15, 0.2) is 0 Å². The van der Waals surface area contributed by atoms with Crippen LogP contribution >= 0.6 is 46.6 Å². The van der Waals surface area contributed by atoms with Gasteiger partial charge < -0.3 is 0 Å². The number of alkyl halides is 1. The molecular weight excluding hydrogens is 235 g/mol. The van der Waals surface area contributed by atoms with E-state index in [0.29, 0.717) is 15.9 Å². The number of rotatable bonds is 3. The Morgan fingerprint density at radius 2 is 2.00 bits per heavy atom. The molecule has 0 aliphatic heterocycles. The summed E-state index contributed by atoms with van der Waals surface area (Å²) in [5, 5.41) is 1.35. The number of halogens is 3. The molecule has 0 radical (unpaired) electrons. The van der Waals surface area contributed by atoms with Gasteiger partial charge in [0, 0.05) is 21.6 Å². The second-order valence-electron chi connectivity index (χ2n) is 2.11. The Bertz CT molecular complexity index is 262. The SMILES string of the molecule is ClCCSc1ccc(Cl)cc1Cl. The lowest BCUT2D eigenvalue weighted by atomic mass is 10.4. The van der Waals surface area contributed by atoms with Crippen LogP contribution < -0.4 is 0 Å². The van der Waals surface area contributed by atoms with Gasteiger partial charge >= 0.3 is 0 Å². The number of thioether (sulfide) groups is 1. The van der Waals surface area contributed by atoms with E-state index in [0.717, 1.165) is 10.6 Å². The normalized spacial score (nSPS) is 10.2. The maximum atomic E-state index is 5.92. The van der Waals surface area contributed by atoms with Crippen LogP contribution in [-0.2, 0) is 0 Å². The summed E-state index contributed by atoms with van der Waals surface area (Å²) in [6, 6.07) is 5.46. The minimum Gasteiger partial charge on any atom is -0.126 e. The van der Waals surface area contributed by atoms with Crippen molar-refractivity contribution < 1.29 is 0 Å². The van der Waals surface area contributed by atoms with E-state index < -0.39 is 0 Å². The molecule has 0 nitrogen and oxygen atoms in total. The fourth-order valence-corrected chi connectivity index (χ4v) is 2.20. The third-order valence-electron chi connectivity index (χ3n) is 1.23. The summed E-state index contributed by atoms with van der Waals surface area (Å²) in [6.07, 6.45) is 0. The van der Waals surface area contributed by atoms with Crippen LogP contribution in [0.15, 0.2) is 23.1 Å². The maximum Gasteiger partial charge on any atom is 0.0556 e. The highest BCUT2D eigenvalue weighted by Crippen LogP contribution is 2.29. The number of benzene rings is 1. The Morgan fingerprint density at radius 1 is 1.25 bits per heavy atom. The van der Waals surface area contributed by atoms with Gasteiger partial charge in [0.2, 0.25) is 0 Å². The van der Waals surface area contributed by atoms with Crippen LogP contribution in [0.4, 0.5) is 0 Å². The van der Waals surface area contributed by atoms with Gasteiger partial charge in [-0.3, -0.25) is 0 Å². The molecule has 0 spiro atoms. The largest absolute Gasteiger partial charge is 0.126 e. The summed E-state index contributed by atoms with van der Waals surface area (Å²) in [6.45, 7) is 0. The minimum absolute atomic E-state index is 0.629. The third kappa shape index (κ3) is 3.06. The van der Waals surface area contributed by atoms with Gasteiger partial charge in [0.1, 0.15) is 0 Å². The van der Waals surface area contributed by atoms with Gasteiger partial charge in [-0.05, 0) is 18.2 Å². The van der Waals surface area contributed by atoms with Gasteiger partial charge in [-0.25, -0.2) is 0 Å². The molecule has 66 valence electrons. The average Bonchev–Trinajstić information content (AvgIpc) is 2.03. The maximum absolute atomic E-state index is 5.92. The van der Waals surface area contributed by atoms with Crippen LogP contribution in [0, 0.1) is 0 Å². The van der Waals surface area contributed by atoms with E-state index in [1.54, 1.807) is 17.8 Å². The van der Waals surface area contributed by atoms with Crippen LogP contribution in [0.2, 0.25) is 10.0 Å². The van der Waals surface area contributed by atoms with Crippen molar-refractivity contribution in [2.75, 3.05) is 11.6 Å². The molecule has 12 heavy (non-hydrogen) atoms. The van der Waals surface area contributed by atoms with E-state index >= 15 is 0 Å². The van der Waals surface area contributed by atoms with Gasteiger partial charge in [-0.2, -0.15) is 0 Å². The zero-order valence-corrected chi connectivity index (χ0v) is 9.27. The Hall–Kier alpha value is 0.440. The lowest BCUT2D eigenvalue weighted by Gasteiger charge is -2.01. The summed E-state index contributed by atoms with van der Waals surface area (Å²) >= 11 is 18.8. The van der Waals surface area contributed by atoms with E-state index in [1.165, 1.54) is 0 Å². The predicted octanol–water partition coefficient (Wildman–Crippen LogP) is 4.32. The molecule has 0 heterocycles. The number of hydrogen-bond acceptors (Lipinski definition) is 1. The molecule has 0 N–H and O–H groups in total. The van der Waals surface area contributed by atoms with Crippen LogP contribution in [0.25, 0.3) is 0 Å². The zero-order chi connectivity index (χ0) is 8.97. The summed E-state index contributed by atoms with van der Waals surface area (Å²) in [5.41, 5.74) is 0. The van der Waals surface area contributed by atoms with Crippen molar-refractivity contribution in [2.45, 2.75) is 4.90 Å². The lowest BCUT2D eigenvalue weighted by Crippen LogP contribution is -1.80. The minimum atomic E-state index is 0.629. The van der Waals surface area contributed by atoms with E-state index in [9.17, 15) is 0 Å². The highest BCUT2D eigenvalue weighted by atomic mass is 35.5. The van der Waals surface area contributed by atoms with Gasteiger partial charge in [0.25, 0.3) is 0 Å². The standard InChI is InChI=1S/C8H7Cl3S/c9-3-4-12-8-2-1-6(10)5-7(8)11/h1-2,5H,3-4H2. The van der Waals surface area contributed by atoms with Gasteiger partial charge in [0.05, 0.1) is 5.02 Å². The topological polar surface area (TPSA) is 0 Å². The van der Waals surface area contributed by atoms with Crippen molar-refractivity contribution in [1.82, 2.24) is 0 Å². The quantitative estimate of drug-likeness (QED) is 0.561. The van der Waals surface area contributed by atoms with Crippen molar-refractivity contribution in [2.24, 2.45) is 0 Å². The molecule has 0 bridgehead atoms. The molecule has 0 saturated heterocycles. The molecule has 4 heteroatoms. The summed E-state index contributed by atoms with van der Waals surface area (Å²) in [5.74, 6) is 1.49. The lowest BCUT2D eigenvalue weighted by molar-refractivity contribution is 1.43. The van der Waals surface area contributed by atoms with Crippen molar-refractivity contribution >= 4 is 46.6 Å². The first-order chi connectivity index (χ1) is 5.74. The molecule has 1 aromatic carbocycles. The van der Waals surface area contributed by atoms with E-state index in [2.05, 4.69) is 0 Å². The summed E-state index contributed by atoms with van der Waals surface area (Å²) < 4.78 is 0. The fourth-order valence-electron chi connectivity index (χ4n) is 0.741. The Balaban J connectivity index is 2.72. The smallest absolute Gasteiger partial charge is 0.0556 e. The van der Waals surface area contributed by atoms with Crippen molar-refractivity contribution in [3.8, 4) is 0 Å². The second kappa shape index (κ2) is 5.23. The summed E-state index contributed by atoms with van der Waals surface area (Å²) in [4.78, 5) is 1.03. The molecule has 1 aromatic rings. The first-order valence-corrected chi connectivity index (χ1v) is 5.65. The molecule has 0 fully saturated rings. The first kappa shape index (κ1) is 10.5. The molecule has 0 atom stereocenters. The van der Waals surface area contributed by atoms with Gasteiger partial charge in [-0.1, -0.05) is 23.2 Å². The first-order valence-electron chi connectivity index (χ1n) is 3.38. The summed E-state index contributed by atoms with van der Waals surface area (Å²) in [7, 11) is 0. The van der Waals surface area contributed by atoms with E-state index in [4.69, 9.17) is 34.8 Å². The predicted molar refractivity (Wildman–Crippen MR) is 57.9 cm³/mol. The van der Waals surface area contributed by atoms with Crippen molar-refractivity contribution in [3.63, 3.8) is 0 Å². The zero-order valence-electron chi connectivity index (χ0n) is 6.19. The molecule has 0 aliphatic rings. The van der Waals surface area contributed by atoms with Crippen LogP contribution in [-0.4, -0.2) is 11.6 Å². The molecule has 0 saturated carbocycles. The van der Waals surface area contributed by atoms with E-state index in [-0.39, 0.29) is 0 Å². The highest BCUT2D eigenvalue weighted by Gasteiger charge is 2.00. The van der Waals surface area contributed by atoms with Crippen LogP contribution in [0.5, 0.6) is 0 Å². The van der Waals surface area contributed by atoms with Crippen LogP contribution in [0.3, 0.4) is 0 Å². The molecule has 0 aromatic heterocycles. The van der Waals surface area contributed by atoms with Gasteiger partial charge in [-0.15, -0.1) is 23.4 Å². The third-order valence-corrected chi connectivity index (χ3v) is 3.38. The Morgan fingerprint density at radius 3 is 2.58 bits per heavy atom. The van der Waals surface area contributed by atoms with Crippen molar-refractivity contribution in [3.05, 3.63) is 28.2 Å². The fraction of sp³-hybridized carbons (Fsp3) is 0.250. The molecule has 0 aliphatic carbocycles. The Labute approximate surface area is 91.2 Å². The molecule has 0 unspecified atom stereocenters. The monoisotopic (exact) mass is 240 g/mol. The van der Waals surface area contributed by atoms with Crippen molar-refractivity contribution in [1.29, 1.82) is 0 Å². The molecule has 0 amide bonds. The number of hydrogen-bond donors (Lipinski definition) is 0.